The van der Waals surface area contributed by atoms with Crippen LogP contribution in [0.4, 0.5) is 5.69 Å². The molecule has 2 aromatic carbocycles. The summed E-state index contributed by atoms with van der Waals surface area (Å²) in [6.45, 7) is 5.48. The average molecular weight is 337 g/mol. The predicted molar refractivity (Wildman–Crippen MR) is 101 cm³/mol. The van der Waals surface area contributed by atoms with E-state index < -0.39 is 0 Å². The topological polar surface area (TPSA) is 56.0 Å². The van der Waals surface area contributed by atoms with Crippen LogP contribution in [-0.4, -0.2) is 15.0 Å². The summed E-state index contributed by atoms with van der Waals surface area (Å²) in [5.74, 6) is -0.155. The highest BCUT2D eigenvalue weighted by Crippen LogP contribution is 2.20. The molecule has 0 atom stereocenters. The van der Waals surface area contributed by atoms with Crippen LogP contribution >= 0.6 is 0 Å². The normalized spacial score (nSPS) is 11.0. The number of imidazole rings is 1. The number of hydrogen-bond donors (Lipinski definition) is 1. The molecule has 0 bridgehead atoms. The molecule has 0 aliphatic rings. The number of benzene rings is 2. The van der Waals surface area contributed by atoms with Crippen LogP contribution in [0.25, 0.3) is 11.0 Å². The minimum atomic E-state index is -0.155. The maximum Gasteiger partial charge on any atom is 0.329 e. The van der Waals surface area contributed by atoms with Gasteiger partial charge in [-0.05, 0) is 43.2 Å². The lowest BCUT2D eigenvalue weighted by atomic mass is 10.2. The highest BCUT2D eigenvalue weighted by molar-refractivity contribution is 6.04. The fourth-order valence-electron chi connectivity index (χ4n) is 3.07. The van der Waals surface area contributed by atoms with Crippen molar-refractivity contribution in [3.8, 4) is 0 Å². The Hall–Kier alpha value is -2.82. The van der Waals surface area contributed by atoms with Gasteiger partial charge in [0.2, 0.25) is 0 Å². The van der Waals surface area contributed by atoms with Gasteiger partial charge in [-0.2, -0.15) is 0 Å². The van der Waals surface area contributed by atoms with Crippen molar-refractivity contribution in [2.75, 3.05) is 5.32 Å². The number of aryl methyl sites for hydroxylation is 2. The Labute approximate surface area is 146 Å². The van der Waals surface area contributed by atoms with Crippen LogP contribution in [0.5, 0.6) is 0 Å². The van der Waals surface area contributed by atoms with Crippen LogP contribution < -0.4 is 11.0 Å². The number of amides is 1. The van der Waals surface area contributed by atoms with E-state index >= 15 is 0 Å². The Balaban J connectivity index is 2.00. The van der Waals surface area contributed by atoms with Gasteiger partial charge in [0, 0.05) is 24.3 Å². The van der Waals surface area contributed by atoms with E-state index in [2.05, 4.69) is 19.2 Å². The molecule has 1 N–H and O–H groups in total. The zero-order chi connectivity index (χ0) is 17.8. The molecule has 0 unspecified atom stereocenters. The quantitative estimate of drug-likeness (QED) is 0.742. The van der Waals surface area contributed by atoms with E-state index in [-0.39, 0.29) is 11.6 Å². The molecule has 130 valence electrons. The van der Waals surface area contributed by atoms with Gasteiger partial charge in [0.15, 0.2) is 0 Å². The van der Waals surface area contributed by atoms with Gasteiger partial charge >= 0.3 is 5.69 Å². The van der Waals surface area contributed by atoms with Crippen LogP contribution in [0.1, 0.15) is 37.0 Å². The average Bonchev–Trinajstić information content (AvgIpc) is 2.88. The monoisotopic (exact) mass is 337 g/mol. The number of carbonyl (C=O) groups is 1. The zero-order valence-electron chi connectivity index (χ0n) is 14.7. The number of nitrogens with zero attached hydrogens (tertiary/aromatic N) is 2. The van der Waals surface area contributed by atoms with Crippen molar-refractivity contribution in [2.24, 2.45) is 0 Å². The van der Waals surface area contributed by atoms with Crippen LogP contribution in [0.2, 0.25) is 0 Å². The first-order valence-electron chi connectivity index (χ1n) is 8.75. The highest BCUT2D eigenvalue weighted by atomic mass is 16.2. The third-order valence-corrected chi connectivity index (χ3v) is 4.21. The van der Waals surface area contributed by atoms with Gasteiger partial charge in [0.1, 0.15) is 0 Å². The van der Waals surface area contributed by atoms with E-state index in [1.54, 1.807) is 16.7 Å². The summed E-state index contributed by atoms with van der Waals surface area (Å²) >= 11 is 0. The second-order valence-corrected chi connectivity index (χ2v) is 6.11. The van der Waals surface area contributed by atoms with Crippen molar-refractivity contribution in [1.82, 2.24) is 9.13 Å². The van der Waals surface area contributed by atoms with E-state index in [0.717, 1.165) is 23.9 Å². The maximum absolute atomic E-state index is 12.7. The van der Waals surface area contributed by atoms with E-state index in [1.807, 2.05) is 41.0 Å². The standard InChI is InChI=1S/C20H23N3O2/c1-3-12-22-17-11-10-16(14-18(17)23(13-4-2)20(22)25)21-19(24)15-8-6-5-7-9-15/h5-11,14H,3-4,12-13H2,1-2H3,(H,21,24). The van der Waals surface area contributed by atoms with E-state index in [9.17, 15) is 9.59 Å². The summed E-state index contributed by atoms with van der Waals surface area (Å²) < 4.78 is 3.61. The van der Waals surface area contributed by atoms with Gasteiger partial charge in [0.25, 0.3) is 5.91 Å². The Kier molecular flexibility index (Phi) is 5.03. The number of fused-ring (bicyclic) bond motifs is 1. The lowest BCUT2D eigenvalue weighted by Crippen LogP contribution is -2.24. The summed E-state index contributed by atoms with van der Waals surface area (Å²) in [5.41, 5.74) is 3.10. The SMILES string of the molecule is CCCn1c(=O)n(CCC)c2cc(NC(=O)c3ccccc3)ccc21. The molecule has 1 aromatic heterocycles. The molecular formula is C20H23N3O2. The van der Waals surface area contributed by atoms with Crippen LogP contribution in [0.15, 0.2) is 53.3 Å². The van der Waals surface area contributed by atoms with Gasteiger partial charge in [-0.3, -0.25) is 13.9 Å². The first-order valence-corrected chi connectivity index (χ1v) is 8.75. The maximum atomic E-state index is 12.7. The van der Waals surface area contributed by atoms with Crippen molar-refractivity contribution >= 4 is 22.6 Å². The molecule has 5 nitrogen and oxygen atoms in total. The molecule has 25 heavy (non-hydrogen) atoms. The van der Waals surface area contributed by atoms with Crippen molar-refractivity contribution in [2.45, 2.75) is 39.8 Å². The van der Waals surface area contributed by atoms with Gasteiger partial charge in [0.05, 0.1) is 11.0 Å². The second kappa shape index (κ2) is 7.38. The second-order valence-electron chi connectivity index (χ2n) is 6.11. The van der Waals surface area contributed by atoms with Gasteiger partial charge in [-0.1, -0.05) is 32.0 Å². The van der Waals surface area contributed by atoms with E-state index in [1.165, 1.54) is 0 Å². The number of aromatic nitrogens is 2. The molecule has 0 aliphatic heterocycles. The lowest BCUT2D eigenvalue weighted by Gasteiger charge is -2.07. The Morgan fingerprint density at radius 1 is 0.920 bits per heavy atom. The summed E-state index contributed by atoms with van der Waals surface area (Å²) in [7, 11) is 0. The van der Waals surface area contributed by atoms with Crippen LogP contribution in [0.3, 0.4) is 0 Å². The van der Waals surface area contributed by atoms with Gasteiger partial charge < -0.3 is 5.32 Å². The molecule has 0 aliphatic carbocycles. The van der Waals surface area contributed by atoms with E-state index in [0.29, 0.717) is 24.3 Å². The van der Waals surface area contributed by atoms with Gasteiger partial charge in [-0.15, -0.1) is 0 Å². The largest absolute Gasteiger partial charge is 0.329 e. The summed E-state index contributed by atoms with van der Waals surface area (Å²) in [6, 6.07) is 14.8. The number of nitrogens with one attached hydrogen (secondary N) is 1. The van der Waals surface area contributed by atoms with Crippen molar-refractivity contribution in [3.05, 3.63) is 64.6 Å². The molecule has 1 amide bonds. The number of carbonyl (C=O) groups excluding carboxylic acids is 1. The number of anilines is 1. The Morgan fingerprint density at radius 2 is 1.56 bits per heavy atom. The molecule has 0 radical (unpaired) electrons. The van der Waals surface area contributed by atoms with Crippen molar-refractivity contribution < 1.29 is 4.79 Å². The first kappa shape index (κ1) is 17.0. The molecule has 0 fully saturated rings. The third kappa shape index (κ3) is 3.36. The predicted octanol–water partition coefficient (Wildman–Crippen LogP) is 3.88. The molecule has 5 heteroatoms. The summed E-state index contributed by atoms with van der Waals surface area (Å²) in [4.78, 5) is 25.0. The smallest absolute Gasteiger partial charge is 0.322 e. The van der Waals surface area contributed by atoms with Gasteiger partial charge in [-0.25, -0.2) is 4.79 Å². The molecule has 0 saturated carbocycles. The molecular weight excluding hydrogens is 314 g/mol. The van der Waals surface area contributed by atoms with Crippen LogP contribution in [-0.2, 0) is 13.1 Å². The minimum Gasteiger partial charge on any atom is -0.322 e. The first-order chi connectivity index (χ1) is 12.2. The molecule has 3 rings (SSSR count). The third-order valence-electron chi connectivity index (χ3n) is 4.21. The van der Waals surface area contributed by atoms with E-state index in [4.69, 9.17) is 0 Å². The fourth-order valence-corrected chi connectivity index (χ4v) is 3.07. The molecule has 3 aromatic rings. The molecule has 0 saturated heterocycles. The summed E-state index contributed by atoms with van der Waals surface area (Å²) in [5, 5.41) is 2.92. The Bertz CT molecular complexity index is 939. The molecule has 0 spiro atoms. The van der Waals surface area contributed by atoms with Crippen LogP contribution in [0, 0.1) is 0 Å². The number of hydrogen-bond acceptors (Lipinski definition) is 2. The molecule has 1 heterocycles. The Morgan fingerprint density at radius 3 is 2.20 bits per heavy atom. The summed E-state index contributed by atoms with van der Waals surface area (Å²) in [6.07, 6.45) is 1.78. The number of rotatable bonds is 6. The minimum absolute atomic E-state index is 0.0187. The van der Waals surface area contributed by atoms with Crippen molar-refractivity contribution in [3.63, 3.8) is 0 Å². The highest BCUT2D eigenvalue weighted by Gasteiger charge is 2.13. The lowest BCUT2D eigenvalue weighted by molar-refractivity contribution is 0.102. The zero-order valence-corrected chi connectivity index (χ0v) is 14.7. The van der Waals surface area contributed by atoms with Crippen molar-refractivity contribution in [1.29, 1.82) is 0 Å². The fraction of sp³-hybridized carbons (Fsp3) is 0.300.